The summed E-state index contributed by atoms with van der Waals surface area (Å²) in [5, 5.41) is 54.3. The van der Waals surface area contributed by atoms with Crippen LogP contribution < -0.4 is 5.32 Å². The lowest BCUT2D eigenvalue weighted by Crippen LogP contribution is -2.60. The summed E-state index contributed by atoms with van der Waals surface area (Å²) in [6.45, 7) is 4.35. The molecular weight excluding hydrogens is 1070 g/mol. The summed E-state index contributed by atoms with van der Waals surface area (Å²) in [6.07, 6.45) is 72.2. The van der Waals surface area contributed by atoms with Crippen molar-refractivity contribution in [2.75, 3.05) is 19.8 Å². The number of hydrogen-bond donors (Lipinski definition) is 6. The summed E-state index contributed by atoms with van der Waals surface area (Å²) in [7, 11) is 0. The Labute approximate surface area is 531 Å². The van der Waals surface area contributed by atoms with Gasteiger partial charge in [0, 0.05) is 12.8 Å². The molecule has 0 bridgehead atoms. The minimum Gasteiger partial charge on any atom is -0.466 e. The lowest BCUT2D eigenvalue weighted by atomic mass is 9.99. The molecule has 1 aliphatic rings. The molecule has 0 aliphatic carbocycles. The van der Waals surface area contributed by atoms with Crippen molar-refractivity contribution in [1.29, 1.82) is 0 Å². The number of hydrogen-bond acceptors (Lipinski definition) is 10. The monoisotopic (exact) mass is 1220 g/mol. The van der Waals surface area contributed by atoms with E-state index in [1.165, 1.54) is 295 Å². The van der Waals surface area contributed by atoms with Crippen molar-refractivity contribution in [2.45, 2.75) is 423 Å². The number of amides is 1. The average molecular weight is 1220 g/mol. The molecule has 1 heterocycles. The molecule has 1 aliphatic heterocycles. The molecular formula is C75H143NO10. The van der Waals surface area contributed by atoms with E-state index in [2.05, 4.69) is 31.3 Å². The highest BCUT2D eigenvalue weighted by molar-refractivity contribution is 5.76. The van der Waals surface area contributed by atoms with Crippen LogP contribution >= 0.6 is 0 Å². The van der Waals surface area contributed by atoms with Crippen LogP contribution in [-0.2, 0) is 23.8 Å². The van der Waals surface area contributed by atoms with Gasteiger partial charge in [-0.1, -0.05) is 334 Å². The first-order valence-corrected chi connectivity index (χ1v) is 37.6. The maximum Gasteiger partial charge on any atom is 0.305 e. The fourth-order valence-corrected chi connectivity index (χ4v) is 12.1. The van der Waals surface area contributed by atoms with Gasteiger partial charge < -0.3 is 45.1 Å². The van der Waals surface area contributed by atoms with Crippen LogP contribution in [-0.4, -0.2) is 100 Å². The molecule has 0 aromatic heterocycles. The number of aliphatic hydroxyl groups is 5. The minimum atomic E-state index is -1.57. The van der Waals surface area contributed by atoms with Crippen LogP contribution in [0.1, 0.15) is 380 Å². The number of carbonyl (C=O) groups excluding carboxylic acids is 2. The van der Waals surface area contributed by atoms with Gasteiger partial charge in [0.15, 0.2) is 6.29 Å². The molecule has 508 valence electrons. The van der Waals surface area contributed by atoms with Crippen molar-refractivity contribution >= 4 is 11.9 Å². The molecule has 86 heavy (non-hydrogen) atoms. The fraction of sp³-hybridized carbons (Fsp3) is 0.920. The van der Waals surface area contributed by atoms with E-state index in [0.29, 0.717) is 19.4 Å². The molecule has 11 nitrogen and oxygen atoms in total. The Morgan fingerprint density at radius 3 is 1.12 bits per heavy atom. The number of allylic oxidation sites excluding steroid dienone is 3. The molecule has 0 radical (unpaired) electrons. The molecule has 1 fully saturated rings. The van der Waals surface area contributed by atoms with Crippen LogP contribution in [0.25, 0.3) is 0 Å². The van der Waals surface area contributed by atoms with E-state index >= 15 is 0 Å². The molecule has 0 aromatic rings. The first-order valence-electron chi connectivity index (χ1n) is 37.6. The zero-order valence-corrected chi connectivity index (χ0v) is 56.6. The zero-order chi connectivity index (χ0) is 62.3. The predicted octanol–water partition coefficient (Wildman–Crippen LogP) is 19.6. The van der Waals surface area contributed by atoms with Crippen molar-refractivity contribution in [3.63, 3.8) is 0 Å². The number of carbonyl (C=O) groups is 2. The van der Waals surface area contributed by atoms with Crippen molar-refractivity contribution in [1.82, 2.24) is 5.32 Å². The van der Waals surface area contributed by atoms with Gasteiger partial charge in [-0.15, -0.1) is 0 Å². The Bertz CT molecular complexity index is 1480. The second kappa shape index (κ2) is 64.7. The van der Waals surface area contributed by atoms with E-state index < -0.39 is 49.5 Å². The van der Waals surface area contributed by atoms with E-state index in [1.807, 2.05) is 6.08 Å². The molecule has 0 spiro atoms. The molecule has 1 amide bonds. The Balaban J connectivity index is 1.86. The van der Waals surface area contributed by atoms with Gasteiger partial charge in [-0.2, -0.15) is 0 Å². The third kappa shape index (κ3) is 52.9. The van der Waals surface area contributed by atoms with Gasteiger partial charge in [0.1, 0.15) is 24.4 Å². The Morgan fingerprint density at radius 2 is 0.744 bits per heavy atom. The molecule has 7 unspecified atom stereocenters. The second-order valence-corrected chi connectivity index (χ2v) is 26.4. The topological polar surface area (TPSA) is 175 Å². The van der Waals surface area contributed by atoms with Gasteiger partial charge in [0.2, 0.25) is 5.91 Å². The van der Waals surface area contributed by atoms with Crippen LogP contribution in [0.2, 0.25) is 0 Å². The molecule has 0 aromatic carbocycles. The van der Waals surface area contributed by atoms with Crippen LogP contribution in [0.5, 0.6) is 0 Å². The summed E-state index contributed by atoms with van der Waals surface area (Å²) in [5.74, 6) is -0.169. The minimum absolute atomic E-state index is 0.00789. The molecule has 11 heteroatoms. The van der Waals surface area contributed by atoms with E-state index in [4.69, 9.17) is 14.2 Å². The summed E-state index contributed by atoms with van der Waals surface area (Å²) in [6, 6.07) is -0.804. The van der Waals surface area contributed by atoms with E-state index in [0.717, 1.165) is 57.8 Å². The number of nitrogens with one attached hydrogen (secondary N) is 1. The number of esters is 1. The van der Waals surface area contributed by atoms with Crippen LogP contribution in [0.15, 0.2) is 24.3 Å². The van der Waals surface area contributed by atoms with Crippen LogP contribution in [0.3, 0.4) is 0 Å². The van der Waals surface area contributed by atoms with E-state index in [-0.39, 0.29) is 18.5 Å². The van der Waals surface area contributed by atoms with Gasteiger partial charge in [0.05, 0.1) is 32.0 Å². The highest BCUT2D eigenvalue weighted by Crippen LogP contribution is 2.24. The van der Waals surface area contributed by atoms with Crippen molar-refractivity contribution < 1.29 is 49.3 Å². The Kier molecular flexibility index (Phi) is 61.8. The maximum absolute atomic E-state index is 13.0. The highest BCUT2D eigenvalue weighted by Gasteiger charge is 2.44. The number of unbranched alkanes of at least 4 members (excludes halogenated alkanes) is 51. The third-order valence-electron chi connectivity index (χ3n) is 18.1. The summed E-state index contributed by atoms with van der Waals surface area (Å²) in [5.41, 5.74) is 0. The summed E-state index contributed by atoms with van der Waals surface area (Å²) >= 11 is 0. The van der Waals surface area contributed by atoms with E-state index in [9.17, 15) is 35.1 Å². The Morgan fingerprint density at radius 1 is 0.419 bits per heavy atom. The maximum atomic E-state index is 13.0. The molecule has 6 N–H and O–H groups in total. The molecule has 7 atom stereocenters. The van der Waals surface area contributed by atoms with Gasteiger partial charge in [-0.25, -0.2) is 0 Å². The fourth-order valence-electron chi connectivity index (χ4n) is 12.1. The van der Waals surface area contributed by atoms with Crippen LogP contribution in [0, 0.1) is 0 Å². The van der Waals surface area contributed by atoms with Crippen LogP contribution in [0.4, 0.5) is 0 Å². The van der Waals surface area contributed by atoms with Gasteiger partial charge >= 0.3 is 5.97 Å². The first-order chi connectivity index (χ1) is 42.2. The quantitative estimate of drug-likeness (QED) is 0.0195. The van der Waals surface area contributed by atoms with Crippen molar-refractivity contribution in [3.05, 3.63) is 24.3 Å². The lowest BCUT2D eigenvalue weighted by Gasteiger charge is -2.40. The zero-order valence-electron chi connectivity index (χ0n) is 56.6. The highest BCUT2D eigenvalue weighted by atomic mass is 16.7. The van der Waals surface area contributed by atoms with Gasteiger partial charge in [0.25, 0.3) is 0 Å². The van der Waals surface area contributed by atoms with Gasteiger partial charge in [-0.05, 0) is 57.8 Å². The Hall–Kier alpha value is -1.86. The van der Waals surface area contributed by atoms with Gasteiger partial charge in [-0.3, -0.25) is 9.59 Å². The largest absolute Gasteiger partial charge is 0.466 e. The summed E-state index contributed by atoms with van der Waals surface area (Å²) < 4.78 is 16.7. The molecule has 1 rings (SSSR count). The summed E-state index contributed by atoms with van der Waals surface area (Å²) in [4.78, 5) is 25.1. The molecule has 0 saturated carbocycles. The number of ether oxygens (including phenoxy) is 3. The average Bonchev–Trinajstić information content (AvgIpc) is 3.57. The number of aliphatic hydroxyl groups excluding tert-OH is 5. The van der Waals surface area contributed by atoms with Crippen molar-refractivity contribution in [3.8, 4) is 0 Å². The van der Waals surface area contributed by atoms with E-state index in [1.54, 1.807) is 6.08 Å². The second-order valence-electron chi connectivity index (χ2n) is 26.4. The molecule has 1 saturated heterocycles. The predicted molar refractivity (Wildman–Crippen MR) is 361 cm³/mol. The third-order valence-corrected chi connectivity index (χ3v) is 18.1. The lowest BCUT2D eigenvalue weighted by molar-refractivity contribution is -0.302. The van der Waals surface area contributed by atoms with Crippen molar-refractivity contribution in [2.24, 2.45) is 0 Å². The standard InChI is InChI=1S/C75H143NO10/c1-3-5-7-9-11-13-14-15-40-43-47-51-55-59-63-71(80)84-64-60-56-52-48-44-41-38-36-34-32-30-28-26-24-22-20-18-16-17-19-21-23-25-27-29-31-33-35-37-39-42-46-50-54-58-62-70(79)76-67(68(78)61-57-53-49-45-12-10-8-6-4-2)66-85-75-74(83)73(82)72(81)69(65-77)86-75/h14-15,57,61,67-69,72-75,77-78,81-83H,3-13,16-56,58-60,62-66H2,1-2H3,(H,76,79)/b15-14-,61-57+. The smallest absolute Gasteiger partial charge is 0.305 e. The first kappa shape index (κ1) is 82.2. The number of rotatable bonds is 67. The normalized spacial score (nSPS) is 18.0. The SMILES string of the molecule is CCCCCCC/C=C\CCCCCCCC(=O)OCCCCCCCCCCCCCCCCCCCCCCCCCCCCCCCCCCCCCC(=O)NC(COC1OC(CO)C(O)C(O)C1O)C(O)/C=C/CCCCCCCCC.